The van der Waals surface area contributed by atoms with Crippen LogP contribution in [0.2, 0.25) is 0 Å². The number of hydrogen-bond donors (Lipinski definition) is 1. The number of aromatic carboxylic acids is 1. The highest BCUT2D eigenvalue weighted by Crippen LogP contribution is 2.15. The highest BCUT2D eigenvalue weighted by atomic mass is 16.5. The Labute approximate surface area is 91.9 Å². The second-order valence-electron chi connectivity index (χ2n) is 2.87. The molecule has 0 fully saturated rings. The molecule has 0 aliphatic heterocycles. The molecular formula is C11H9NO4. The number of carbonyl (C=O) groups excluding carboxylic acids is 1. The van der Waals surface area contributed by atoms with E-state index in [1.165, 1.54) is 18.2 Å². The second kappa shape index (κ2) is 4.94. The molecule has 0 aliphatic rings. The number of nitriles is 1. The first-order valence-corrected chi connectivity index (χ1v) is 4.55. The van der Waals surface area contributed by atoms with Crippen LogP contribution in [0.15, 0.2) is 18.2 Å². The van der Waals surface area contributed by atoms with Crippen LogP contribution in [0.4, 0.5) is 0 Å². The molecule has 1 N–H and O–H groups in total. The van der Waals surface area contributed by atoms with Crippen molar-refractivity contribution in [1.29, 1.82) is 5.26 Å². The summed E-state index contributed by atoms with van der Waals surface area (Å²) in [6, 6.07) is 5.81. The van der Waals surface area contributed by atoms with Gasteiger partial charge in [-0.3, -0.25) is 0 Å². The number of nitrogens with zero attached hydrogens (tertiary/aromatic N) is 1. The Morgan fingerprint density at radius 1 is 1.50 bits per heavy atom. The van der Waals surface area contributed by atoms with Gasteiger partial charge < -0.3 is 9.84 Å². The maximum atomic E-state index is 11.5. The van der Waals surface area contributed by atoms with Crippen molar-refractivity contribution >= 4 is 11.9 Å². The number of benzene rings is 1. The third kappa shape index (κ3) is 2.17. The molecule has 0 aliphatic carbocycles. The zero-order chi connectivity index (χ0) is 12.1. The van der Waals surface area contributed by atoms with E-state index in [9.17, 15) is 9.59 Å². The zero-order valence-corrected chi connectivity index (χ0v) is 8.56. The van der Waals surface area contributed by atoms with Gasteiger partial charge in [0.25, 0.3) is 0 Å². The summed E-state index contributed by atoms with van der Waals surface area (Å²) >= 11 is 0. The molecule has 0 atom stereocenters. The molecule has 0 unspecified atom stereocenters. The summed E-state index contributed by atoms with van der Waals surface area (Å²) in [5.74, 6) is -2.06. The fourth-order valence-electron chi connectivity index (χ4n) is 1.25. The number of hydrogen-bond acceptors (Lipinski definition) is 4. The highest BCUT2D eigenvalue weighted by Gasteiger charge is 2.21. The van der Waals surface area contributed by atoms with Crippen LogP contribution in [0.1, 0.15) is 33.2 Å². The lowest BCUT2D eigenvalue weighted by Crippen LogP contribution is -2.13. The van der Waals surface area contributed by atoms with Crippen LogP contribution in [-0.4, -0.2) is 23.7 Å². The number of esters is 1. The molecule has 1 aromatic carbocycles. The standard InChI is InChI=1S/C11H9NO4/c1-2-16-11(15)9-7(6-12)4-3-5-8(9)10(13)14/h3-5H,2H2,1H3,(H,13,14). The average molecular weight is 219 g/mol. The van der Waals surface area contributed by atoms with Crippen LogP contribution in [0.3, 0.4) is 0 Å². The van der Waals surface area contributed by atoms with Gasteiger partial charge in [0.15, 0.2) is 0 Å². The normalized spacial score (nSPS) is 9.25. The van der Waals surface area contributed by atoms with Crippen molar-refractivity contribution in [2.45, 2.75) is 6.92 Å². The Balaban J connectivity index is 3.37. The molecule has 5 heteroatoms. The molecule has 0 radical (unpaired) electrons. The molecule has 0 saturated heterocycles. The van der Waals surface area contributed by atoms with Gasteiger partial charge in [-0.05, 0) is 19.1 Å². The molecule has 16 heavy (non-hydrogen) atoms. The minimum absolute atomic E-state index is 0.00153. The van der Waals surface area contributed by atoms with Crippen LogP contribution in [-0.2, 0) is 4.74 Å². The fraction of sp³-hybridized carbons (Fsp3) is 0.182. The van der Waals surface area contributed by atoms with E-state index in [1.54, 1.807) is 13.0 Å². The van der Waals surface area contributed by atoms with Gasteiger partial charge in [0.05, 0.1) is 23.3 Å². The minimum atomic E-state index is -1.26. The largest absolute Gasteiger partial charge is 0.478 e. The molecular weight excluding hydrogens is 210 g/mol. The number of carboxylic acid groups (broad SMARTS) is 1. The lowest BCUT2D eigenvalue weighted by Gasteiger charge is -2.06. The quantitative estimate of drug-likeness (QED) is 0.777. The van der Waals surface area contributed by atoms with Crippen molar-refractivity contribution in [3.05, 3.63) is 34.9 Å². The van der Waals surface area contributed by atoms with E-state index in [4.69, 9.17) is 15.1 Å². The topological polar surface area (TPSA) is 87.4 Å². The van der Waals surface area contributed by atoms with Crippen molar-refractivity contribution in [2.24, 2.45) is 0 Å². The maximum absolute atomic E-state index is 11.5. The van der Waals surface area contributed by atoms with Gasteiger partial charge in [-0.1, -0.05) is 6.07 Å². The van der Waals surface area contributed by atoms with Gasteiger partial charge in [-0.25, -0.2) is 9.59 Å². The fourth-order valence-corrected chi connectivity index (χ4v) is 1.25. The highest BCUT2D eigenvalue weighted by molar-refractivity contribution is 6.04. The van der Waals surface area contributed by atoms with Gasteiger partial charge in [0.1, 0.15) is 6.07 Å². The first kappa shape index (κ1) is 11.7. The second-order valence-corrected chi connectivity index (χ2v) is 2.87. The van der Waals surface area contributed by atoms with Crippen molar-refractivity contribution < 1.29 is 19.4 Å². The van der Waals surface area contributed by atoms with Crippen molar-refractivity contribution in [1.82, 2.24) is 0 Å². The van der Waals surface area contributed by atoms with E-state index in [1.807, 2.05) is 0 Å². The Kier molecular flexibility index (Phi) is 3.62. The molecule has 0 bridgehead atoms. The van der Waals surface area contributed by atoms with Crippen LogP contribution >= 0.6 is 0 Å². The van der Waals surface area contributed by atoms with Gasteiger partial charge in [0, 0.05) is 0 Å². The molecule has 0 spiro atoms. The van der Waals surface area contributed by atoms with Gasteiger partial charge in [-0.2, -0.15) is 5.26 Å². The van der Waals surface area contributed by atoms with Gasteiger partial charge in [-0.15, -0.1) is 0 Å². The Bertz CT molecular complexity index is 473. The molecule has 5 nitrogen and oxygen atoms in total. The Morgan fingerprint density at radius 2 is 2.19 bits per heavy atom. The smallest absolute Gasteiger partial charge is 0.340 e. The third-order valence-corrected chi connectivity index (χ3v) is 1.89. The molecule has 0 amide bonds. The Hall–Kier alpha value is -2.35. The van der Waals surface area contributed by atoms with Crippen LogP contribution in [0.5, 0.6) is 0 Å². The van der Waals surface area contributed by atoms with Crippen molar-refractivity contribution in [3.8, 4) is 6.07 Å². The SMILES string of the molecule is CCOC(=O)c1c(C#N)cccc1C(=O)O. The van der Waals surface area contributed by atoms with Gasteiger partial charge in [0.2, 0.25) is 0 Å². The van der Waals surface area contributed by atoms with Crippen molar-refractivity contribution in [2.75, 3.05) is 6.61 Å². The monoisotopic (exact) mass is 219 g/mol. The summed E-state index contributed by atoms with van der Waals surface area (Å²) in [6.45, 7) is 1.73. The van der Waals surface area contributed by atoms with Gasteiger partial charge >= 0.3 is 11.9 Å². The van der Waals surface area contributed by atoms with E-state index in [-0.39, 0.29) is 23.3 Å². The molecule has 82 valence electrons. The number of carboxylic acids is 1. The summed E-state index contributed by atoms with van der Waals surface area (Å²) in [7, 11) is 0. The van der Waals surface area contributed by atoms with Crippen LogP contribution in [0.25, 0.3) is 0 Å². The van der Waals surface area contributed by atoms with E-state index in [2.05, 4.69) is 0 Å². The lowest BCUT2D eigenvalue weighted by atomic mass is 10.0. The van der Waals surface area contributed by atoms with Crippen LogP contribution < -0.4 is 0 Å². The zero-order valence-electron chi connectivity index (χ0n) is 8.56. The predicted molar refractivity (Wildman–Crippen MR) is 54.1 cm³/mol. The maximum Gasteiger partial charge on any atom is 0.340 e. The summed E-state index contributed by atoms with van der Waals surface area (Å²) in [6.07, 6.45) is 0. The predicted octanol–water partition coefficient (Wildman–Crippen LogP) is 1.43. The lowest BCUT2D eigenvalue weighted by molar-refractivity contribution is 0.0514. The molecule has 0 heterocycles. The third-order valence-electron chi connectivity index (χ3n) is 1.89. The van der Waals surface area contributed by atoms with E-state index in [0.717, 1.165) is 0 Å². The summed E-state index contributed by atoms with van der Waals surface area (Å²) in [5, 5.41) is 17.7. The minimum Gasteiger partial charge on any atom is -0.478 e. The molecule has 0 aromatic heterocycles. The molecule has 0 saturated carbocycles. The number of carbonyl (C=O) groups is 2. The first-order valence-electron chi connectivity index (χ1n) is 4.55. The average Bonchev–Trinajstić information content (AvgIpc) is 2.28. The summed E-state index contributed by atoms with van der Waals surface area (Å²) in [5.41, 5.74) is -0.421. The summed E-state index contributed by atoms with van der Waals surface area (Å²) < 4.78 is 4.71. The molecule has 1 rings (SSSR count). The van der Waals surface area contributed by atoms with Crippen molar-refractivity contribution in [3.63, 3.8) is 0 Å². The first-order chi connectivity index (χ1) is 7.61. The number of ether oxygens (including phenoxy) is 1. The van der Waals surface area contributed by atoms with E-state index in [0.29, 0.717) is 0 Å². The number of rotatable bonds is 3. The van der Waals surface area contributed by atoms with E-state index >= 15 is 0 Å². The molecule has 1 aromatic rings. The van der Waals surface area contributed by atoms with E-state index < -0.39 is 11.9 Å². The van der Waals surface area contributed by atoms with Crippen LogP contribution in [0, 0.1) is 11.3 Å². The Morgan fingerprint density at radius 3 is 2.69 bits per heavy atom. The summed E-state index contributed by atoms with van der Waals surface area (Å²) in [4.78, 5) is 22.4.